The highest BCUT2D eigenvalue weighted by Crippen LogP contribution is 2.26. The number of halogens is 1. The molecule has 2 aromatic rings. The number of hydrogen-bond acceptors (Lipinski definition) is 5. The zero-order valence-corrected chi connectivity index (χ0v) is 17.2. The van der Waals surface area contributed by atoms with E-state index in [9.17, 15) is 9.59 Å². The Labute approximate surface area is 175 Å². The second-order valence-electron chi connectivity index (χ2n) is 6.62. The van der Waals surface area contributed by atoms with Gasteiger partial charge in [0.1, 0.15) is 0 Å². The molecule has 0 aromatic heterocycles. The van der Waals surface area contributed by atoms with Crippen molar-refractivity contribution in [3.8, 4) is 0 Å². The molecule has 1 saturated heterocycles. The maximum atomic E-state index is 12.5. The minimum absolute atomic E-state index is 0.300. The van der Waals surface area contributed by atoms with Crippen molar-refractivity contribution in [2.75, 3.05) is 43.6 Å². The summed E-state index contributed by atoms with van der Waals surface area (Å²) in [4.78, 5) is 27.0. The first-order chi connectivity index (χ1) is 14.0. The SMILES string of the molecule is COC(=O)c1cc(N2CCOCC2)ccc1NC(=O)C=C(C)c1ccccc1Cl. The van der Waals surface area contributed by atoms with Crippen molar-refractivity contribution >= 4 is 40.4 Å². The van der Waals surface area contributed by atoms with Crippen molar-refractivity contribution in [3.05, 3.63) is 64.7 Å². The van der Waals surface area contributed by atoms with Crippen molar-refractivity contribution in [3.63, 3.8) is 0 Å². The Balaban J connectivity index is 1.83. The molecule has 1 N–H and O–H groups in total. The minimum Gasteiger partial charge on any atom is -0.465 e. The zero-order valence-electron chi connectivity index (χ0n) is 16.4. The average Bonchev–Trinajstić information content (AvgIpc) is 2.74. The molecule has 0 aliphatic carbocycles. The summed E-state index contributed by atoms with van der Waals surface area (Å²) in [5.41, 5.74) is 3.07. The van der Waals surface area contributed by atoms with Gasteiger partial charge in [0.05, 0.1) is 31.6 Å². The number of hydrogen-bond donors (Lipinski definition) is 1. The molecule has 6 nitrogen and oxygen atoms in total. The van der Waals surface area contributed by atoms with Crippen LogP contribution in [0.3, 0.4) is 0 Å². The van der Waals surface area contributed by atoms with E-state index in [-0.39, 0.29) is 5.91 Å². The number of benzene rings is 2. The fourth-order valence-electron chi connectivity index (χ4n) is 3.16. The van der Waals surface area contributed by atoms with Crippen LogP contribution in [0.5, 0.6) is 0 Å². The van der Waals surface area contributed by atoms with E-state index in [1.54, 1.807) is 18.2 Å². The molecule has 0 unspecified atom stereocenters. The van der Waals surface area contributed by atoms with E-state index in [4.69, 9.17) is 21.1 Å². The van der Waals surface area contributed by atoms with Crippen LogP contribution in [-0.2, 0) is 14.3 Å². The van der Waals surface area contributed by atoms with Gasteiger partial charge >= 0.3 is 5.97 Å². The molecule has 1 fully saturated rings. The largest absolute Gasteiger partial charge is 0.465 e. The highest BCUT2D eigenvalue weighted by Gasteiger charge is 2.18. The fraction of sp³-hybridized carbons (Fsp3) is 0.273. The molecule has 0 radical (unpaired) electrons. The van der Waals surface area contributed by atoms with Gasteiger partial charge in [-0.2, -0.15) is 0 Å². The number of ether oxygens (including phenoxy) is 2. The highest BCUT2D eigenvalue weighted by atomic mass is 35.5. The molecule has 3 rings (SSSR count). The number of amides is 1. The Morgan fingerprint density at radius 2 is 1.86 bits per heavy atom. The predicted molar refractivity (Wildman–Crippen MR) is 115 cm³/mol. The van der Waals surface area contributed by atoms with Crippen molar-refractivity contribution in [2.24, 2.45) is 0 Å². The first-order valence-electron chi connectivity index (χ1n) is 9.29. The lowest BCUT2D eigenvalue weighted by Crippen LogP contribution is -2.36. The predicted octanol–water partition coefficient (Wildman–Crippen LogP) is 4.01. The van der Waals surface area contributed by atoms with Crippen molar-refractivity contribution in [1.82, 2.24) is 0 Å². The summed E-state index contributed by atoms with van der Waals surface area (Å²) in [6, 6.07) is 12.6. The molecular weight excluding hydrogens is 392 g/mol. The van der Waals surface area contributed by atoms with Gasteiger partial charge in [-0.25, -0.2) is 4.79 Å². The molecule has 1 aliphatic heterocycles. The van der Waals surface area contributed by atoms with E-state index in [2.05, 4.69) is 10.2 Å². The van der Waals surface area contributed by atoms with Crippen molar-refractivity contribution < 1.29 is 19.1 Å². The van der Waals surface area contributed by atoms with Gasteiger partial charge in [0.25, 0.3) is 0 Å². The maximum absolute atomic E-state index is 12.5. The standard InChI is InChI=1S/C22H23ClN2O4/c1-15(17-5-3-4-6-19(17)23)13-21(26)24-20-8-7-16(14-18(20)22(27)28-2)25-9-11-29-12-10-25/h3-8,13-14H,9-12H2,1-2H3,(H,24,26). The molecule has 0 bridgehead atoms. The quantitative estimate of drug-likeness (QED) is 0.591. The number of morpholine rings is 1. The van der Waals surface area contributed by atoms with Crippen molar-refractivity contribution in [1.29, 1.82) is 0 Å². The van der Waals surface area contributed by atoms with Gasteiger partial charge < -0.3 is 19.7 Å². The van der Waals surface area contributed by atoms with Gasteiger partial charge in [0.2, 0.25) is 5.91 Å². The molecule has 29 heavy (non-hydrogen) atoms. The normalized spacial score (nSPS) is 14.4. The van der Waals surface area contributed by atoms with Gasteiger partial charge in [-0.1, -0.05) is 29.8 Å². The zero-order chi connectivity index (χ0) is 20.8. The first kappa shape index (κ1) is 20.9. The van der Waals surface area contributed by atoms with Crippen LogP contribution in [0.1, 0.15) is 22.8 Å². The van der Waals surface area contributed by atoms with Crippen LogP contribution in [0.25, 0.3) is 5.57 Å². The van der Waals surface area contributed by atoms with E-state index in [1.807, 2.05) is 31.2 Å². The molecule has 1 heterocycles. The number of rotatable bonds is 5. The van der Waals surface area contributed by atoms with Crippen LogP contribution in [0.2, 0.25) is 5.02 Å². The Kier molecular flexibility index (Phi) is 6.90. The van der Waals surface area contributed by atoms with Gasteiger partial charge in [-0.05, 0) is 42.3 Å². The van der Waals surface area contributed by atoms with E-state index < -0.39 is 5.97 Å². The smallest absolute Gasteiger partial charge is 0.340 e. The van der Waals surface area contributed by atoms with Gasteiger partial charge in [0.15, 0.2) is 0 Å². The number of methoxy groups -OCH3 is 1. The summed E-state index contributed by atoms with van der Waals surface area (Å²) in [7, 11) is 1.32. The Hall–Kier alpha value is -2.83. The maximum Gasteiger partial charge on any atom is 0.340 e. The average molecular weight is 415 g/mol. The second-order valence-corrected chi connectivity index (χ2v) is 7.02. The third-order valence-corrected chi connectivity index (χ3v) is 5.02. The molecule has 1 amide bonds. The summed E-state index contributed by atoms with van der Waals surface area (Å²) >= 11 is 6.19. The molecule has 152 valence electrons. The van der Waals surface area contributed by atoms with Crippen LogP contribution in [0.15, 0.2) is 48.5 Å². The Morgan fingerprint density at radius 1 is 1.14 bits per heavy atom. The number of carbonyl (C=O) groups excluding carboxylic acids is 2. The first-order valence-corrected chi connectivity index (χ1v) is 9.66. The fourth-order valence-corrected chi connectivity index (χ4v) is 3.45. The lowest BCUT2D eigenvalue weighted by atomic mass is 10.1. The molecule has 0 spiro atoms. The third kappa shape index (κ3) is 5.16. The number of carbonyl (C=O) groups is 2. The molecule has 0 saturated carbocycles. The summed E-state index contributed by atoms with van der Waals surface area (Å²) in [6.45, 7) is 4.57. The van der Waals surface area contributed by atoms with E-state index >= 15 is 0 Å². The monoisotopic (exact) mass is 414 g/mol. The Morgan fingerprint density at radius 3 is 2.55 bits per heavy atom. The van der Waals surface area contributed by atoms with E-state index in [0.717, 1.165) is 29.9 Å². The lowest BCUT2D eigenvalue weighted by Gasteiger charge is -2.29. The minimum atomic E-state index is -0.512. The van der Waals surface area contributed by atoms with E-state index in [0.29, 0.717) is 29.5 Å². The molecule has 0 atom stereocenters. The van der Waals surface area contributed by atoms with Gasteiger partial charge in [0, 0.05) is 29.9 Å². The van der Waals surface area contributed by atoms with Crippen LogP contribution in [-0.4, -0.2) is 45.3 Å². The second kappa shape index (κ2) is 9.58. The number of nitrogens with one attached hydrogen (secondary N) is 1. The van der Waals surface area contributed by atoms with Crippen LogP contribution in [0.4, 0.5) is 11.4 Å². The topological polar surface area (TPSA) is 67.9 Å². The van der Waals surface area contributed by atoms with Crippen molar-refractivity contribution in [2.45, 2.75) is 6.92 Å². The summed E-state index contributed by atoms with van der Waals surface area (Å²) in [5, 5.41) is 3.34. The number of nitrogens with zero attached hydrogens (tertiary/aromatic N) is 1. The number of allylic oxidation sites excluding steroid dienone is 1. The van der Waals surface area contributed by atoms with Crippen LogP contribution in [0, 0.1) is 0 Å². The molecule has 2 aromatic carbocycles. The molecular formula is C22H23ClN2O4. The van der Waals surface area contributed by atoms with Gasteiger partial charge in [-0.3, -0.25) is 4.79 Å². The van der Waals surface area contributed by atoms with Crippen LogP contribution >= 0.6 is 11.6 Å². The lowest BCUT2D eigenvalue weighted by molar-refractivity contribution is -0.111. The highest BCUT2D eigenvalue weighted by molar-refractivity contribution is 6.32. The molecule has 7 heteroatoms. The summed E-state index contributed by atoms with van der Waals surface area (Å²) in [6.07, 6.45) is 1.46. The molecule has 1 aliphatic rings. The third-order valence-electron chi connectivity index (χ3n) is 4.69. The van der Waals surface area contributed by atoms with Gasteiger partial charge in [-0.15, -0.1) is 0 Å². The van der Waals surface area contributed by atoms with E-state index in [1.165, 1.54) is 13.2 Å². The number of esters is 1. The number of anilines is 2. The summed E-state index contributed by atoms with van der Waals surface area (Å²) < 4.78 is 10.3. The van der Waals surface area contributed by atoms with Crippen LogP contribution < -0.4 is 10.2 Å². The summed E-state index contributed by atoms with van der Waals surface area (Å²) in [5.74, 6) is -0.867. The Bertz CT molecular complexity index is 936.